The molecule has 1 rings (SSSR count). The van der Waals surface area contributed by atoms with Gasteiger partial charge in [-0.15, -0.1) is 5.10 Å². The van der Waals surface area contributed by atoms with Crippen molar-refractivity contribution in [2.24, 2.45) is 18.7 Å². The molecule has 0 aliphatic heterocycles. The summed E-state index contributed by atoms with van der Waals surface area (Å²) in [6.45, 7) is 4.08. The summed E-state index contributed by atoms with van der Waals surface area (Å²) >= 11 is 7.97. The monoisotopic (exact) mass is 369 g/mol. The van der Waals surface area contributed by atoms with Crippen LogP contribution in [0.2, 0.25) is 0 Å². The van der Waals surface area contributed by atoms with E-state index in [4.69, 9.17) is 18.0 Å². The van der Waals surface area contributed by atoms with Crippen LogP contribution in [0.1, 0.15) is 13.8 Å². The van der Waals surface area contributed by atoms with Crippen LogP contribution in [-0.4, -0.2) is 45.8 Å². The van der Waals surface area contributed by atoms with Crippen LogP contribution in [0.5, 0.6) is 0 Å². The molecule has 0 aliphatic rings. The van der Waals surface area contributed by atoms with Gasteiger partial charge in [0.1, 0.15) is 0 Å². The van der Waals surface area contributed by atoms with Gasteiger partial charge in [-0.2, -0.15) is 4.31 Å². The van der Waals surface area contributed by atoms with Gasteiger partial charge in [-0.25, -0.2) is 13.1 Å². The molecule has 10 heteroatoms. The molecular formula is C9H16BrN5O2S2. The highest BCUT2D eigenvalue weighted by atomic mass is 79.9. The van der Waals surface area contributed by atoms with Gasteiger partial charge < -0.3 is 5.73 Å². The summed E-state index contributed by atoms with van der Waals surface area (Å²) in [5.41, 5.74) is 5.53. The summed E-state index contributed by atoms with van der Waals surface area (Å²) < 4.78 is 27.8. The smallest absolute Gasteiger partial charge is 0.263 e. The van der Waals surface area contributed by atoms with Gasteiger partial charge in [0.15, 0.2) is 4.60 Å². The fraction of sp³-hybridized carbons (Fsp3) is 0.667. The Morgan fingerprint density at radius 2 is 2.21 bits per heavy atom. The van der Waals surface area contributed by atoms with E-state index in [0.717, 1.165) is 0 Å². The molecule has 0 fully saturated rings. The Balaban J connectivity index is 3.13. The minimum absolute atomic E-state index is 0.0180. The third-order valence-electron chi connectivity index (χ3n) is 2.64. The molecule has 1 aromatic heterocycles. The summed E-state index contributed by atoms with van der Waals surface area (Å²) in [5.74, 6) is -0.204. The Hall–Kier alpha value is -0.580. The van der Waals surface area contributed by atoms with Gasteiger partial charge in [0.05, 0.1) is 4.99 Å². The third kappa shape index (κ3) is 3.50. The molecule has 2 N–H and O–H groups in total. The number of hydrogen-bond donors (Lipinski definition) is 1. The van der Waals surface area contributed by atoms with Gasteiger partial charge in [0.2, 0.25) is 5.03 Å². The molecule has 0 amide bonds. The first-order valence-corrected chi connectivity index (χ1v) is 8.20. The van der Waals surface area contributed by atoms with Gasteiger partial charge in [-0.05, 0) is 15.9 Å². The molecule has 1 atom stereocenters. The van der Waals surface area contributed by atoms with Gasteiger partial charge in [-0.3, -0.25) is 0 Å². The second-order valence-corrected chi connectivity index (χ2v) is 7.14. The quantitative estimate of drug-likeness (QED) is 0.734. The van der Waals surface area contributed by atoms with E-state index in [-0.39, 0.29) is 27.1 Å². The fourth-order valence-corrected chi connectivity index (χ4v) is 4.16. The number of hydrogen-bond acceptors (Lipinski definition) is 5. The zero-order valence-corrected chi connectivity index (χ0v) is 14.1. The Morgan fingerprint density at radius 3 is 2.58 bits per heavy atom. The molecule has 0 aliphatic carbocycles. The van der Waals surface area contributed by atoms with Crippen molar-refractivity contribution in [3.63, 3.8) is 0 Å². The number of nitrogens with zero attached hydrogens (tertiary/aromatic N) is 4. The maximum atomic E-state index is 12.5. The largest absolute Gasteiger partial charge is 0.393 e. The van der Waals surface area contributed by atoms with Crippen molar-refractivity contribution in [2.45, 2.75) is 18.9 Å². The second kappa shape index (κ2) is 6.25. The van der Waals surface area contributed by atoms with E-state index in [2.05, 4.69) is 26.2 Å². The summed E-state index contributed by atoms with van der Waals surface area (Å²) in [4.78, 5) is 0.288. The third-order valence-corrected chi connectivity index (χ3v) is 5.87. The Labute approximate surface area is 126 Å². The van der Waals surface area contributed by atoms with Crippen molar-refractivity contribution in [3.8, 4) is 0 Å². The Bertz CT molecular complexity index is 552. The molecule has 0 saturated carbocycles. The molecule has 7 nitrogen and oxygen atoms in total. The number of aryl methyl sites for hydroxylation is 1. The van der Waals surface area contributed by atoms with Crippen LogP contribution >= 0.6 is 28.1 Å². The van der Waals surface area contributed by atoms with Crippen molar-refractivity contribution in [1.82, 2.24) is 19.3 Å². The van der Waals surface area contributed by atoms with E-state index in [1.54, 1.807) is 13.8 Å². The molecule has 1 unspecified atom stereocenters. The number of nitrogens with two attached hydrogens (primary N) is 1. The zero-order chi connectivity index (χ0) is 14.8. The van der Waals surface area contributed by atoms with Gasteiger partial charge in [0.25, 0.3) is 10.0 Å². The van der Waals surface area contributed by atoms with E-state index in [1.165, 1.54) is 16.0 Å². The lowest BCUT2D eigenvalue weighted by molar-refractivity contribution is 0.400. The Kier molecular flexibility index (Phi) is 5.42. The summed E-state index contributed by atoms with van der Waals surface area (Å²) in [6, 6.07) is 0. The minimum Gasteiger partial charge on any atom is -0.393 e. The van der Waals surface area contributed by atoms with Crippen molar-refractivity contribution in [3.05, 3.63) is 4.60 Å². The number of halogens is 1. The highest BCUT2D eigenvalue weighted by Crippen LogP contribution is 2.22. The molecule has 0 radical (unpaired) electrons. The van der Waals surface area contributed by atoms with E-state index < -0.39 is 10.0 Å². The van der Waals surface area contributed by atoms with E-state index in [0.29, 0.717) is 6.54 Å². The molecule has 0 spiro atoms. The lowest BCUT2D eigenvalue weighted by atomic mass is 10.2. The van der Waals surface area contributed by atoms with E-state index in [1.807, 2.05) is 0 Å². The van der Waals surface area contributed by atoms with Crippen molar-refractivity contribution in [1.29, 1.82) is 0 Å². The Morgan fingerprint density at radius 1 is 1.63 bits per heavy atom. The van der Waals surface area contributed by atoms with Crippen LogP contribution in [0.3, 0.4) is 0 Å². The normalized spacial score (nSPS) is 13.7. The minimum atomic E-state index is -3.69. The van der Waals surface area contributed by atoms with Crippen molar-refractivity contribution >= 4 is 43.2 Å². The lowest BCUT2D eigenvalue weighted by Gasteiger charge is -2.23. The SMILES string of the molecule is CCN(CC(C)C(N)=S)S(=O)(=O)c1c(Br)nnn1C. The number of rotatable bonds is 6. The highest BCUT2D eigenvalue weighted by Gasteiger charge is 2.31. The number of sulfonamides is 1. The molecule has 0 aromatic carbocycles. The summed E-state index contributed by atoms with van der Waals surface area (Å²) in [5, 5.41) is 7.38. The van der Waals surface area contributed by atoms with Crippen LogP contribution in [0.15, 0.2) is 9.63 Å². The van der Waals surface area contributed by atoms with Crippen LogP contribution in [-0.2, 0) is 17.1 Å². The second-order valence-electron chi connectivity index (χ2n) is 4.07. The van der Waals surface area contributed by atoms with E-state index >= 15 is 0 Å². The predicted octanol–water partition coefficient (Wildman–Crippen LogP) is 0.510. The van der Waals surface area contributed by atoms with Crippen LogP contribution in [0.25, 0.3) is 0 Å². The van der Waals surface area contributed by atoms with Crippen LogP contribution < -0.4 is 5.73 Å². The molecule has 0 bridgehead atoms. The van der Waals surface area contributed by atoms with Crippen molar-refractivity contribution in [2.75, 3.05) is 13.1 Å². The topological polar surface area (TPSA) is 94.1 Å². The molecule has 108 valence electrons. The standard InChI is InChI=1S/C9H16BrN5O2S2/c1-4-15(5-6(2)8(11)18)19(16,17)9-7(10)12-13-14(9)3/h6H,4-5H2,1-3H3,(H2,11,18). The molecule has 19 heavy (non-hydrogen) atoms. The van der Waals surface area contributed by atoms with Gasteiger partial charge in [0, 0.05) is 26.1 Å². The maximum absolute atomic E-state index is 12.5. The molecule has 1 aromatic rings. The van der Waals surface area contributed by atoms with E-state index in [9.17, 15) is 8.42 Å². The maximum Gasteiger partial charge on any atom is 0.263 e. The average Bonchev–Trinajstić information content (AvgIpc) is 2.65. The zero-order valence-electron chi connectivity index (χ0n) is 10.9. The van der Waals surface area contributed by atoms with Gasteiger partial charge in [-0.1, -0.05) is 31.3 Å². The summed E-state index contributed by atoms with van der Waals surface area (Å²) in [6.07, 6.45) is 0. The number of aromatic nitrogens is 3. The van der Waals surface area contributed by atoms with Gasteiger partial charge >= 0.3 is 0 Å². The number of thiocarbonyl (C=S) groups is 1. The predicted molar refractivity (Wildman–Crippen MR) is 79.1 cm³/mol. The van der Waals surface area contributed by atoms with Crippen LogP contribution in [0, 0.1) is 5.92 Å². The highest BCUT2D eigenvalue weighted by molar-refractivity contribution is 9.10. The molecular weight excluding hydrogens is 354 g/mol. The molecule has 0 saturated heterocycles. The summed E-state index contributed by atoms with van der Waals surface area (Å²) in [7, 11) is -2.17. The molecule has 1 heterocycles. The van der Waals surface area contributed by atoms with Crippen LogP contribution in [0.4, 0.5) is 0 Å². The first-order valence-electron chi connectivity index (χ1n) is 5.56. The first kappa shape index (κ1) is 16.5. The lowest BCUT2D eigenvalue weighted by Crippen LogP contribution is -2.38. The van der Waals surface area contributed by atoms with Crippen molar-refractivity contribution < 1.29 is 8.42 Å². The average molecular weight is 370 g/mol. The first-order chi connectivity index (χ1) is 8.71. The fourth-order valence-electron chi connectivity index (χ4n) is 1.51.